The van der Waals surface area contributed by atoms with Crippen LogP contribution in [-0.4, -0.2) is 35.4 Å². The fourth-order valence-electron chi connectivity index (χ4n) is 1.58. The molecule has 1 heterocycles. The van der Waals surface area contributed by atoms with Gasteiger partial charge in [0.25, 0.3) is 0 Å². The summed E-state index contributed by atoms with van der Waals surface area (Å²) in [6.45, 7) is 0. The third-order valence-electron chi connectivity index (χ3n) is 2.46. The van der Waals surface area contributed by atoms with Crippen molar-refractivity contribution in [1.82, 2.24) is 15.5 Å². The first kappa shape index (κ1) is 12.3. The smallest absolute Gasteiger partial charge is 0.338 e. The van der Waals surface area contributed by atoms with E-state index in [2.05, 4.69) is 20.8 Å². The first-order valence-corrected chi connectivity index (χ1v) is 5.60. The van der Waals surface area contributed by atoms with Crippen LogP contribution in [0.2, 0.25) is 0 Å². The molecule has 0 unspecified atom stereocenters. The first-order chi connectivity index (χ1) is 8.65. The van der Waals surface area contributed by atoms with Crippen LogP contribution < -0.4 is 10.6 Å². The van der Waals surface area contributed by atoms with Crippen molar-refractivity contribution >= 4 is 39.9 Å². The summed E-state index contributed by atoms with van der Waals surface area (Å²) in [5, 5.41) is 13.9. The van der Waals surface area contributed by atoms with E-state index in [1.807, 2.05) is 0 Å². The summed E-state index contributed by atoms with van der Waals surface area (Å²) in [7, 11) is 3.05. The summed E-state index contributed by atoms with van der Waals surface area (Å²) in [6.07, 6.45) is 1.66. The number of thiocarbonyl (C=S) groups is 1. The average Bonchev–Trinajstić information content (AvgIpc) is 2.85. The maximum absolute atomic E-state index is 11.6. The number of carbonyl (C=O) groups is 1. The Kier molecular flexibility index (Phi) is 3.42. The minimum Gasteiger partial charge on any atom is -0.465 e. The lowest BCUT2D eigenvalue weighted by atomic mass is 10.1. The number of aromatic nitrogens is 2. The number of methoxy groups -OCH3 is 1. The third kappa shape index (κ3) is 2.25. The summed E-state index contributed by atoms with van der Waals surface area (Å²) in [6, 6.07) is 3.36. The maximum atomic E-state index is 11.6. The Morgan fingerprint density at radius 2 is 2.28 bits per heavy atom. The number of H-pyrrole nitrogens is 1. The summed E-state index contributed by atoms with van der Waals surface area (Å²) in [5.41, 5.74) is 1.86. The Morgan fingerprint density at radius 1 is 1.50 bits per heavy atom. The molecule has 3 N–H and O–H groups in total. The molecule has 0 aliphatic rings. The molecule has 2 rings (SSSR count). The quantitative estimate of drug-likeness (QED) is 0.560. The lowest BCUT2D eigenvalue weighted by molar-refractivity contribution is 0.0601. The summed E-state index contributed by atoms with van der Waals surface area (Å²) in [5.74, 6) is -0.412. The number of anilines is 1. The zero-order valence-electron chi connectivity index (χ0n) is 9.90. The molecular formula is C11H12N4O2S. The number of hydrogen-bond acceptors (Lipinski definition) is 4. The Bertz CT molecular complexity index is 608. The van der Waals surface area contributed by atoms with Crippen LogP contribution in [0.15, 0.2) is 18.3 Å². The van der Waals surface area contributed by atoms with Crippen LogP contribution in [0.3, 0.4) is 0 Å². The van der Waals surface area contributed by atoms with E-state index in [4.69, 9.17) is 17.0 Å². The lowest BCUT2D eigenvalue weighted by Gasteiger charge is -2.09. The van der Waals surface area contributed by atoms with Crippen LogP contribution in [0.25, 0.3) is 10.9 Å². The van der Waals surface area contributed by atoms with E-state index in [9.17, 15) is 4.79 Å². The highest BCUT2D eigenvalue weighted by Gasteiger charge is 2.12. The van der Waals surface area contributed by atoms with E-state index >= 15 is 0 Å². The number of esters is 1. The molecule has 2 aromatic rings. The van der Waals surface area contributed by atoms with E-state index in [1.165, 1.54) is 7.11 Å². The fraction of sp³-hybridized carbons (Fsp3) is 0.182. The van der Waals surface area contributed by atoms with Crippen molar-refractivity contribution in [2.24, 2.45) is 0 Å². The number of nitrogens with one attached hydrogen (secondary N) is 3. The molecule has 0 aliphatic heterocycles. The average molecular weight is 264 g/mol. The van der Waals surface area contributed by atoms with Gasteiger partial charge >= 0.3 is 5.97 Å². The van der Waals surface area contributed by atoms with Crippen molar-refractivity contribution in [2.45, 2.75) is 0 Å². The standard InChI is InChI=1S/C11H12N4O2S/c1-12-11(18)14-8-3-6(10(16)17-2)4-9-7(8)5-13-15-9/h3-5H,1-2H3,(H,13,15)(H2,12,14,18). The third-order valence-corrected chi connectivity index (χ3v) is 2.76. The van der Waals surface area contributed by atoms with Gasteiger partial charge < -0.3 is 15.4 Å². The Morgan fingerprint density at radius 3 is 2.94 bits per heavy atom. The topological polar surface area (TPSA) is 79.0 Å². The zero-order valence-corrected chi connectivity index (χ0v) is 10.7. The van der Waals surface area contributed by atoms with Crippen molar-refractivity contribution in [3.05, 3.63) is 23.9 Å². The highest BCUT2D eigenvalue weighted by molar-refractivity contribution is 7.80. The number of nitrogens with zero attached hydrogens (tertiary/aromatic N) is 1. The Balaban J connectivity index is 2.51. The molecule has 0 amide bonds. The zero-order chi connectivity index (χ0) is 13.1. The summed E-state index contributed by atoms with van der Waals surface area (Å²) in [4.78, 5) is 11.6. The minimum absolute atomic E-state index is 0.412. The molecule has 0 saturated heterocycles. The van der Waals surface area contributed by atoms with Gasteiger partial charge in [0.2, 0.25) is 0 Å². The van der Waals surface area contributed by atoms with Crippen LogP contribution in [0, 0.1) is 0 Å². The van der Waals surface area contributed by atoms with Gasteiger partial charge in [0.15, 0.2) is 5.11 Å². The van der Waals surface area contributed by atoms with Gasteiger partial charge in [-0.05, 0) is 24.4 Å². The predicted molar refractivity (Wildman–Crippen MR) is 72.7 cm³/mol. The minimum atomic E-state index is -0.412. The van der Waals surface area contributed by atoms with Gasteiger partial charge in [0.1, 0.15) is 0 Å². The molecular weight excluding hydrogens is 252 g/mol. The highest BCUT2D eigenvalue weighted by Crippen LogP contribution is 2.24. The summed E-state index contributed by atoms with van der Waals surface area (Å²) < 4.78 is 4.70. The van der Waals surface area contributed by atoms with Crippen molar-refractivity contribution in [3.8, 4) is 0 Å². The predicted octanol–water partition coefficient (Wildman–Crippen LogP) is 1.27. The maximum Gasteiger partial charge on any atom is 0.338 e. The second kappa shape index (κ2) is 5.01. The molecule has 0 atom stereocenters. The molecule has 0 fully saturated rings. The van der Waals surface area contributed by atoms with Gasteiger partial charge in [-0.1, -0.05) is 0 Å². The van der Waals surface area contributed by atoms with Crippen molar-refractivity contribution in [2.75, 3.05) is 19.5 Å². The van der Waals surface area contributed by atoms with Gasteiger partial charge in [-0.3, -0.25) is 5.10 Å². The highest BCUT2D eigenvalue weighted by atomic mass is 32.1. The Hall–Kier alpha value is -2.15. The van der Waals surface area contributed by atoms with Gasteiger partial charge in [-0.25, -0.2) is 4.79 Å². The molecule has 1 aromatic carbocycles. The van der Waals surface area contributed by atoms with Crippen LogP contribution in [0.5, 0.6) is 0 Å². The lowest BCUT2D eigenvalue weighted by Crippen LogP contribution is -2.24. The summed E-state index contributed by atoms with van der Waals surface area (Å²) >= 11 is 5.04. The van der Waals surface area contributed by atoms with Crippen LogP contribution in [0.1, 0.15) is 10.4 Å². The number of fused-ring (bicyclic) bond motifs is 1. The first-order valence-electron chi connectivity index (χ1n) is 5.20. The number of benzene rings is 1. The molecule has 0 bridgehead atoms. The second-order valence-electron chi connectivity index (χ2n) is 3.55. The molecule has 0 spiro atoms. The number of hydrogen-bond donors (Lipinski definition) is 3. The number of ether oxygens (including phenoxy) is 1. The normalized spacial score (nSPS) is 10.1. The van der Waals surface area contributed by atoms with Crippen molar-refractivity contribution in [3.63, 3.8) is 0 Å². The monoisotopic (exact) mass is 264 g/mol. The van der Waals surface area contributed by atoms with Gasteiger partial charge in [0, 0.05) is 12.4 Å². The molecule has 18 heavy (non-hydrogen) atoms. The van der Waals surface area contributed by atoms with E-state index in [-0.39, 0.29) is 0 Å². The van der Waals surface area contributed by atoms with E-state index in [0.717, 1.165) is 10.9 Å². The number of rotatable bonds is 2. The molecule has 0 aliphatic carbocycles. The van der Waals surface area contributed by atoms with E-state index in [1.54, 1.807) is 25.4 Å². The van der Waals surface area contributed by atoms with E-state index < -0.39 is 5.97 Å². The molecule has 94 valence electrons. The molecule has 1 aromatic heterocycles. The molecule has 0 saturated carbocycles. The largest absolute Gasteiger partial charge is 0.465 e. The number of carbonyl (C=O) groups excluding carboxylic acids is 1. The van der Waals surface area contributed by atoms with Crippen molar-refractivity contribution < 1.29 is 9.53 Å². The molecule has 6 nitrogen and oxygen atoms in total. The van der Waals surface area contributed by atoms with Gasteiger partial charge in [-0.2, -0.15) is 5.10 Å². The molecule has 7 heteroatoms. The fourth-order valence-corrected chi connectivity index (χ4v) is 1.69. The molecule has 0 radical (unpaired) electrons. The SMILES string of the molecule is CNC(=S)Nc1cc(C(=O)OC)cc2[nH]ncc12. The van der Waals surface area contributed by atoms with Gasteiger partial charge in [0.05, 0.1) is 30.1 Å². The van der Waals surface area contributed by atoms with Gasteiger partial charge in [-0.15, -0.1) is 0 Å². The van der Waals surface area contributed by atoms with Crippen LogP contribution >= 0.6 is 12.2 Å². The van der Waals surface area contributed by atoms with E-state index in [0.29, 0.717) is 16.4 Å². The van der Waals surface area contributed by atoms with Crippen molar-refractivity contribution in [1.29, 1.82) is 0 Å². The van der Waals surface area contributed by atoms with Crippen LogP contribution in [-0.2, 0) is 4.74 Å². The van der Waals surface area contributed by atoms with Crippen LogP contribution in [0.4, 0.5) is 5.69 Å². The number of aromatic amines is 1. The second-order valence-corrected chi connectivity index (χ2v) is 3.96. The Labute approximate surface area is 109 Å².